The Kier molecular flexibility index (Phi) is 3.89. The molecule has 1 heterocycles. The molecule has 0 saturated carbocycles. The second-order valence-electron chi connectivity index (χ2n) is 4.32. The van der Waals surface area contributed by atoms with Crippen LogP contribution in [0.4, 0.5) is 5.69 Å². The van der Waals surface area contributed by atoms with Gasteiger partial charge in [0.05, 0.1) is 9.95 Å². The van der Waals surface area contributed by atoms with Crippen LogP contribution in [0.1, 0.15) is 21.6 Å². The van der Waals surface area contributed by atoms with Gasteiger partial charge in [0.25, 0.3) is 11.2 Å². The Morgan fingerprint density at radius 3 is 2.43 bits per heavy atom. The minimum atomic E-state index is -0.705. The van der Waals surface area contributed by atoms with Crippen LogP contribution in [0.3, 0.4) is 0 Å². The maximum absolute atomic E-state index is 12.4. The van der Waals surface area contributed by atoms with E-state index in [-0.39, 0.29) is 21.2 Å². The summed E-state index contributed by atoms with van der Waals surface area (Å²) < 4.78 is 1.16. The lowest BCUT2D eigenvalue weighted by Gasteiger charge is -2.04. The number of hydrogen-bond acceptors (Lipinski definition) is 4. The topological polar surface area (TPSA) is 98.0 Å². The van der Waals surface area contributed by atoms with Crippen molar-refractivity contribution in [2.75, 3.05) is 0 Å². The van der Waals surface area contributed by atoms with Gasteiger partial charge in [-0.3, -0.25) is 29.5 Å². The summed E-state index contributed by atoms with van der Waals surface area (Å²) in [5, 5.41) is 12.9. The van der Waals surface area contributed by atoms with E-state index in [4.69, 9.17) is 23.2 Å². The average molecular weight is 330 g/mol. The number of nitrogens with zero attached hydrogens (tertiary/aromatic N) is 2. The van der Waals surface area contributed by atoms with Crippen LogP contribution in [-0.4, -0.2) is 20.5 Å². The third-order valence-corrected chi connectivity index (χ3v) is 3.83. The molecule has 0 bridgehead atoms. The molecule has 0 fully saturated rings. The van der Waals surface area contributed by atoms with Crippen LogP contribution in [0.15, 0.2) is 16.9 Å². The normalized spacial score (nSPS) is 10.7. The number of hydrogen-bond donors (Lipinski definition) is 1. The number of carbonyl (C=O) groups is 1. The fourth-order valence-corrected chi connectivity index (χ4v) is 2.42. The number of H-pyrrole nitrogens is 1. The van der Waals surface area contributed by atoms with Gasteiger partial charge in [0.2, 0.25) is 5.78 Å². The van der Waals surface area contributed by atoms with Crippen molar-refractivity contribution in [3.63, 3.8) is 0 Å². The Bertz CT molecular complexity index is 823. The Balaban J connectivity index is 2.63. The van der Waals surface area contributed by atoms with E-state index in [2.05, 4.69) is 5.10 Å². The number of rotatable bonds is 3. The first kappa shape index (κ1) is 15.3. The van der Waals surface area contributed by atoms with Gasteiger partial charge in [-0.15, -0.1) is 0 Å². The zero-order chi connectivity index (χ0) is 15.9. The number of nitro benzene ring substituents is 1. The van der Waals surface area contributed by atoms with Gasteiger partial charge < -0.3 is 0 Å². The van der Waals surface area contributed by atoms with E-state index in [9.17, 15) is 19.7 Å². The molecular weight excluding hydrogens is 321 g/mol. The molecule has 9 heteroatoms. The van der Waals surface area contributed by atoms with Gasteiger partial charge in [0.15, 0.2) is 0 Å². The quantitative estimate of drug-likeness (QED) is 0.531. The van der Waals surface area contributed by atoms with Gasteiger partial charge in [-0.25, -0.2) is 0 Å². The van der Waals surface area contributed by atoms with Crippen LogP contribution < -0.4 is 5.56 Å². The van der Waals surface area contributed by atoms with Crippen LogP contribution in [0, 0.1) is 17.0 Å². The summed E-state index contributed by atoms with van der Waals surface area (Å²) in [5.41, 5.74) is -0.686. The molecule has 0 spiro atoms. The lowest BCUT2D eigenvalue weighted by molar-refractivity contribution is -0.384. The molecule has 0 unspecified atom stereocenters. The summed E-state index contributed by atoms with van der Waals surface area (Å²) in [6.45, 7) is 1.57. The van der Waals surface area contributed by atoms with Gasteiger partial charge in [0, 0.05) is 24.4 Å². The highest BCUT2D eigenvalue weighted by Crippen LogP contribution is 2.35. The molecule has 0 radical (unpaired) electrons. The third-order valence-electron chi connectivity index (χ3n) is 2.96. The van der Waals surface area contributed by atoms with Crippen molar-refractivity contribution in [1.29, 1.82) is 0 Å². The second-order valence-corrected chi connectivity index (χ2v) is 5.08. The second kappa shape index (κ2) is 5.34. The fourth-order valence-electron chi connectivity index (χ4n) is 1.94. The highest BCUT2D eigenvalue weighted by atomic mass is 35.5. The van der Waals surface area contributed by atoms with E-state index < -0.39 is 22.0 Å². The van der Waals surface area contributed by atoms with Crippen molar-refractivity contribution in [3.8, 4) is 0 Å². The zero-order valence-corrected chi connectivity index (χ0v) is 12.4. The number of nitro groups is 1. The van der Waals surface area contributed by atoms with Crippen LogP contribution >= 0.6 is 23.2 Å². The van der Waals surface area contributed by atoms with Crippen LogP contribution in [-0.2, 0) is 7.05 Å². The minimum absolute atomic E-state index is 0.0629. The number of halogens is 2. The van der Waals surface area contributed by atoms with Crippen molar-refractivity contribution in [3.05, 3.63) is 59.5 Å². The molecule has 2 rings (SSSR count). The maximum atomic E-state index is 12.4. The predicted octanol–water partition coefficient (Wildman–Crippen LogP) is 2.47. The summed E-state index contributed by atoms with van der Waals surface area (Å²) in [4.78, 5) is 34.4. The third kappa shape index (κ3) is 2.45. The standard InChI is InChI=1S/C12H9Cl2N3O4/c1-5-8(12(19)16(2)15-5)11(18)6-3-4-7(17(20)21)10(14)9(6)13/h3-4,15H,1-2H3. The van der Waals surface area contributed by atoms with E-state index in [1.54, 1.807) is 6.92 Å². The van der Waals surface area contributed by atoms with Crippen molar-refractivity contribution >= 4 is 34.7 Å². The van der Waals surface area contributed by atoms with Gasteiger partial charge >= 0.3 is 0 Å². The summed E-state index contributed by atoms with van der Waals surface area (Å²) >= 11 is 11.7. The molecule has 2 aromatic rings. The Hall–Kier alpha value is -2.12. The fraction of sp³-hybridized carbons (Fsp3) is 0.167. The maximum Gasteiger partial charge on any atom is 0.289 e. The lowest BCUT2D eigenvalue weighted by atomic mass is 10.0. The van der Waals surface area contributed by atoms with E-state index in [1.807, 2.05) is 0 Å². The molecule has 0 amide bonds. The first-order valence-corrected chi connectivity index (χ1v) is 6.44. The van der Waals surface area contributed by atoms with Gasteiger partial charge in [-0.2, -0.15) is 0 Å². The molecule has 21 heavy (non-hydrogen) atoms. The van der Waals surface area contributed by atoms with Crippen LogP contribution in [0.5, 0.6) is 0 Å². The Labute approximate surface area is 128 Å². The molecular formula is C12H9Cl2N3O4. The van der Waals surface area contributed by atoms with Crippen LogP contribution in [0.25, 0.3) is 0 Å². The van der Waals surface area contributed by atoms with E-state index >= 15 is 0 Å². The Morgan fingerprint density at radius 2 is 1.95 bits per heavy atom. The van der Waals surface area contributed by atoms with E-state index in [1.165, 1.54) is 13.1 Å². The number of aromatic nitrogens is 2. The minimum Gasteiger partial charge on any atom is -0.299 e. The first-order chi connectivity index (χ1) is 9.75. The van der Waals surface area contributed by atoms with Gasteiger partial charge in [-0.1, -0.05) is 23.2 Å². The molecule has 0 aliphatic rings. The summed E-state index contributed by atoms with van der Waals surface area (Å²) in [6.07, 6.45) is 0. The van der Waals surface area contributed by atoms with Crippen LogP contribution in [0.2, 0.25) is 10.0 Å². The summed E-state index contributed by atoms with van der Waals surface area (Å²) in [7, 11) is 1.47. The number of nitrogens with one attached hydrogen (secondary N) is 1. The van der Waals surface area contributed by atoms with Gasteiger partial charge in [0.1, 0.15) is 10.6 Å². The Morgan fingerprint density at radius 1 is 1.33 bits per heavy atom. The first-order valence-electron chi connectivity index (χ1n) is 5.68. The molecule has 1 N–H and O–H groups in total. The largest absolute Gasteiger partial charge is 0.299 e. The molecule has 1 aromatic carbocycles. The number of aromatic amines is 1. The molecule has 7 nitrogen and oxygen atoms in total. The predicted molar refractivity (Wildman–Crippen MR) is 77.3 cm³/mol. The number of carbonyl (C=O) groups excluding carboxylic acids is 1. The van der Waals surface area contributed by atoms with Gasteiger partial charge in [-0.05, 0) is 13.0 Å². The SMILES string of the molecule is Cc1[nH]n(C)c(=O)c1C(=O)c1ccc([N+](=O)[O-])c(Cl)c1Cl. The van der Waals surface area contributed by atoms with Crippen molar-refractivity contribution < 1.29 is 9.72 Å². The highest BCUT2D eigenvalue weighted by molar-refractivity contribution is 6.45. The van der Waals surface area contributed by atoms with Crippen molar-refractivity contribution in [2.45, 2.75) is 6.92 Å². The lowest BCUT2D eigenvalue weighted by Crippen LogP contribution is -2.19. The van der Waals surface area contributed by atoms with Crippen molar-refractivity contribution in [1.82, 2.24) is 9.78 Å². The molecule has 0 atom stereocenters. The summed E-state index contributed by atoms with van der Waals surface area (Å²) in [6, 6.07) is 2.26. The van der Waals surface area contributed by atoms with E-state index in [0.29, 0.717) is 5.69 Å². The van der Waals surface area contributed by atoms with E-state index in [0.717, 1.165) is 10.7 Å². The number of benzene rings is 1. The molecule has 0 aliphatic carbocycles. The molecule has 110 valence electrons. The van der Waals surface area contributed by atoms with Crippen molar-refractivity contribution in [2.24, 2.45) is 7.05 Å². The average Bonchev–Trinajstić information content (AvgIpc) is 2.65. The number of aryl methyl sites for hydroxylation is 2. The summed E-state index contributed by atoms with van der Waals surface area (Å²) in [5.74, 6) is -0.642. The molecule has 0 saturated heterocycles. The highest BCUT2D eigenvalue weighted by Gasteiger charge is 2.25. The zero-order valence-electron chi connectivity index (χ0n) is 10.9. The smallest absolute Gasteiger partial charge is 0.289 e. The molecule has 0 aliphatic heterocycles. The monoisotopic (exact) mass is 329 g/mol. The molecule has 1 aromatic heterocycles. The number of ketones is 1.